The molecule has 2 fully saturated rings. The highest BCUT2D eigenvalue weighted by molar-refractivity contribution is 5.82. The topological polar surface area (TPSA) is 32.3 Å². The first-order chi connectivity index (χ1) is 11.2. The summed E-state index contributed by atoms with van der Waals surface area (Å²) in [5.41, 5.74) is 1.32. The Morgan fingerprint density at radius 1 is 1.22 bits per heavy atom. The highest BCUT2D eigenvalue weighted by Crippen LogP contribution is 2.41. The number of hydrogen-bond donors (Lipinski definition) is 1. The van der Waals surface area contributed by atoms with E-state index in [1.165, 1.54) is 31.2 Å². The van der Waals surface area contributed by atoms with Crippen LogP contribution in [0.15, 0.2) is 30.3 Å². The van der Waals surface area contributed by atoms with Crippen LogP contribution < -0.4 is 5.32 Å². The monoisotopic (exact) mass is 314 g/mol. The summed E-state index contributed by atoms with van der Waals surface area (Å²) in [7, 11) is 0. The van der Waals surface area contributed by atoms with Gasteiger partial charge in [-0.05, 0) is 56.9 Å². The van der Waals surface area contributed by atoms with Crippen LogP contribution in [0.4, 0.5) is 0 Å². The predicted molar refractivity (Wildman–Crippen MR) is 94.1 cm³/mol. The Balaban J connectivity index is 1.66. The zero-order valence-electron chi connectivity index (χ0n) is 14.5. The Labute approximate surface area is 140 Å². The Morgan fingerprint density at radius 2 is 1.96 bits per heavy atom. The molecule has 1 heterocycles. The van der Waals surface area contributed by atoms with Crippen molar-refractivity contribution in [3.8, 4) is 0 Å². The van der Waals surface area contributed by atoms with E-state index in [-0.39, 0.29) is 11.9 Å². The van der Waals surface area contributed by atoms with Crippen molar-refractivity contribution in [3.63, 3.8) is 0 Å². The van der Waals surface area contributed by atoms with Crippen molar-refractivity contribution < 1.29 is 4.79 Å². The Bertz CT molecular complexity index is 512. The number of nitrogens with zero attached hydrogens (tertiary/aromatic N) is 1. The first-order valence-corrected chi connectivity index (χ1v) is 9.32. The van der Waals surface area contributed by atoms with Crippen molar-refractivity contribution in [2.45, 2.75) is 70.5 Å². The van der Waals surface area contributed by atoms with Crippen molar-refractivity contribution in [2.75, 3.05) is 6.54 Å². The number of piperidine rings is 1. The Kier molecular flexibility index (Phi) is 5.37. The third-order valence-corrected chi connectivity index (χ3v) is 5.43. The van der Waals surface area contributed by atoms with E-state index in [2.05, 4.69) is 47.5 Å². The lowest BCUT2D eigenvalue weighted by atomic mass is 9.98. The maximum Gasteiger partial charge on any atom is 0.239 e. The van der Waals surface area contributed by atoms with Gasteiger partial charge >= 0.3 is 0 Å². The lowest BCUT2D eigenvalue weighted by molar-refractivity contribution is -0.137. The minimum Gasteiger partial charge on any atom is -0.338 e. The molecule has 1 aromatic rings. The van der Waals surface area contributed by atoms with E-state index in [1.807, 2.05) is 6.92 Å². The molecule has 1 N–H and O–H groups in total. The number of rotatable bonds is 6. The van der Waals surface area contributed by atoms with Gasteiger partial charge in [0.1, 0.15) is 0 Å². The maximum atomic E-state index is 12.9. The molecule has 1 aromatic carbocycles. The summed E-state index contributed by atoms with van der Waals surface area (Å²) in [6, 6.07) is 11.3. The number of benzene rings is 1. The average molecular weight is 314 g/mol. The Hall–Kier alpha value is -1.35. The lowest BCUT2D eigenvalue weighted by Crippen LogP contribution is -2.51. The molecule has 23 heavy (non-hydrogen) atoms. The van der Waals surface area contributed by atoms with Gasteiger partial charge < -0.3 is 4.90 Å². The summed E-state index contributed by atoms with van der Waals surface area (Å²) in [4.78, 5) is 15.1. The summed E-state index contributed by atoms with van der Waals surface area (Å²) in [5.74, 6) is 0.981. The van der Waals surface area contributed by atoms with E-state index >= 15 is 0 Å². The van der Waals surface area contributed by atoms with Crippen LogP contribution in [0.1, 0.15) is 64.0 Å². The number of nitrogens with one attached hydrogen (secondary N) is 1. The molecule has 3 unspecified atom stereocenters. The third-order valence-electron chi connectivity index (χ3n) is 5.43. The molecule has 0 bridgehead atoms. The molecule has 2 aliphatic rings. The highest BCUT2D eigenvalue weighted by Gasteiger charge is 2.35. The highest BCUT2D eigenvalue weighted by atomic mass is 16.2. The van der Waals surface area contributed by atoms with Gasteiger partial charge in [0.25, 0.3) is 0 Å². The molecule has 1 aliphatic heterocycles. The van der Waals surface area contributed by atoms with Gasteiger partial charge in [-0.25, -0.2) is 0 Å². The zero-order valence-corrected chi connectivity index (χ0v) is 14.5. The van der Waals surface area contributed by atoms with Crippen LogP contribution in [0, 0.1) is 5.92 Å². The minimum atomic E-state index is -0.104. The molecule has 1 aliphatic carbocycles. The van der Waals surface area contributed by atoms with Crippen LogP contribution in [-0.2, 0) is 4.79 Å². The van der Waals surface area contributed by atoms with Gasteiger partial charge in [0.2, 0.25) is 5.91 Å². The quantitative estimate of drug-likeness (QED) is 0.863. The van der Waals surface area contributed by atoms with Gasteiger partial charge in [0.15, 0.2) is 0 Å². The van der Waals surface area contributed by atoms with Gasteiger partial charge in [0, 0.05) is 18.6 Å². The number of hydrogen-bond acceptors (Lipinski definition) is 2. The molecule has 3 heteroatoms. The fourth-order valence-corrected chi connectivity index (χ4v) is 3.90. The van der Waals surface area contributed by atoms with Gasteiger partial charge in [-0.1, -0.05) is 37.3 Å². The third kappa shape index (κ3) is 3.95. The normalized spacial score (nSPS) is 24.3. The van der Waals surface area contributed by atoms with Gasteiger partial charge in [-0.15, -0.1) is 0 Å². The maximum absolute atomic E-state index is 12.9. The van der Waals surface area contributed by atoms with Gasteiger partial charge in [-0.2, -0.15) is 0 Å². The van der Waals surface area contributed by atoms with Crippen LogP contribution >= 0.6 is 0 Å². The smallest absolute Gasteiger partial charge is 0.239 e. The second-order valence-corrected chi connectivity index (χ2v) is 7.20. The number of carbonyl (C=O) groups excluding carboxylic acids is 1. The molecule has 126 valence electrons. The summed E-state index contributed by atoms with van der Waals surface area (Å²) in [5, 5.41) is 3.65. The molecular formula is C20H30N2O. The molecule has 0 radical (unpaired) electrons. The molecule has 1 saturated heterocycles. The number of amides is 1. The summed E-state index contributed by atoms with van der Waals surface area (Å²) >= 11 is 0. The number of likely N-dealkylation sites (tertiary alicyclic amines) is 1. The largest absolute Gasteiger partial charge is 0.338 e. The van der Waals surface area contributed by atoms with Crippen LogP contribution in [0.2, 0.25) is 0 Å². The standard InChI is InChI=1S/C20H30N2O/c1-3-18-11-7-8-14-22(18)20(23)15(2)21-19(17-12-13-17)16-9-5-4-6-10-16/h4-6,9-10,15,17-19,21H,3,7-8,11-14H2,1-2H3. The summed E-state index contributed by atoms with van der Waals surface area (Å²) in [6.45, 7) is 5.18. The second-order valence-electron chi connectivity index (χ2n) is 7.20. The summed E-state index contributed by atoms with van der Waals surface area (Å²) < 4.78 is 0. The van der Waals surface area contributed by atoms with Gasteiger partial charge in [0.05, 0.1) is 6.04 Å². The SMILES string of the molecule is CCC1CCCCN1C(=O)C(C)NC(c1ccccc1)C1CC1. The average Bonchev–Trinajstić information content (AvgIpc) is 3.44. The first-order valence-electron chi connectivity index (χ1n) is 9.32. The van der Waals surface area contributed by atoms with Crippen molar-refractivity contribution in [2.24, 2.45) is 5.92 Å². The van der Waals surface area contributed by atoms with Crippen LogP contribution in [-0.4, -0.2) is 29.4 Å². The molecule has 3 nitrogen and oxygen atoms in total. The van der Waals surface area contributed by atoms with Crippen LogP contribution in [0.3, 0.4) is 0 Å². The molecule has 3 rings (SSSR count). The van der Waals surface area contributed by atoms with Crippen molar-refractivity contribution in [1.29, 1.82) is 0 Å². The lowest BCUT2D eigenvalue weighted by Gasteiger charge is -2.37. The summed E-state index contributed by atoms with van der Waals surface area (Å²) in [6.07, 6.45) is 7.20. The zero-order chi connectivity index (χ0) is 16.2. The van der Waals surface area contributed by atoms with Crippen molar-refractivity contribution >= 4 is 5.91 Å². The molecule has 3 atom stereocenters. The van der Waals surface area contributed by atoms with E-state index in [1.54, 1.807) is 0 Å². The number of carbonyl (C=O) groups is 1. The fraction of sp³-hybridized carbons (Fsp3) is 0.650. The van der Waals surface area contributed by atoms with Gasteiger partial charge in [-0.3, -0.25) is 10.1 Å². The minimum absolute atomic E-state index is 0.104. The van der Waals surface area contributed by atoms with Crippen molar-refractivity contribution in [1.82, 2.24) is 10.2 Å². The van der Waals surface area contributed by atoms with E-state index in [0.29, 0.717) is 18.0 Å². The molecular weight excluding hydrogens is 284 g/mol. The second kappa shape index (κ2) is 7.48. The van der Waals surface area contributed by atoms with Crippen LogP contribution in [0.25, 0.3) is 0 Å². The van der Waals surface area contributed by atoms with E-state index in [9.17, 15) is 4.79 Å². The van der Waals surface area contributed by atoms with E-state index in [0.717, 1.165) is 19.4 Å². The molecule has 1 saturated carbocycles. The van der Waals surface area contributed by atoms with Crippen molar-refractivity contribution in [3.05, 3.63) is 35.9 Å². The van der Waals surface area contributed by atoms with Crippen LogP contribution in [0.5, 0.6) is 0 Å². The molecule has 0 spiro atoms. The van der Waals surface area contributed by atoms with E-state index in [4.69, 9.17) is 0 Å². The molecule has 1 amide bonds. The molecule has 0 aromatic heterocycles. The predicted octanol–water partition coefficient (Wildman–Crippen LogP) is 3.91. The van der Waals surface area contributed by atoms with E-state index < -0.39 is 0 Å². The Morgan fingerprint density at radius 3 is 2.61 bits per heavy atom. The fourth-order valence-electron chi connectivity index (χ4n) is 3.90. The first kappa shape index (κ1) is 16.5.